The second-order valence-corrected chi connectivity index (χ2v) is 4.12. The van der Waals surface area contributed by atoms with Crippen LogP contribution in [0.5, 0.6) is 0 Å². The Balaban J connectivity index is 2.70. The molecule has 0 aromatic rings. The topological polar surface area (TPSA) is 40.5 Å². The molecule has 1 aliphatic heterocycles. The molecule has 1 N–H and O–H groups in total. The lowest BCUT2D eigenvalue weighted by molar-refractivity contribution is -0.147. The van der Waals surface area contributed by atoms with E-state index < -0.39 is 5.72 Å². The summed E-state index contributed by atoms with van der Waals surface area (Å²) in [5.74, 6) is 0.0888. The monoisotopic (exact) mass is 185 g/mol. The number of carbonyl (C=O) groups excluding carboxylic acids is 1. The molecule has 1 aliphatic rings. The SMILES string of the molecule is CCC[C@@H](C)N1C(=O)CCC1(C)O. The van der Waals surface area contributed by atoms with Gasteiger partial charge in [-0.2, -0.15) is 0 Å². The number of aliphatic hydroxyl groups is 1. The number of carbonyl (C=O) groups is 1. The van der Waals surface area contributed by atoms with E-state index in [-0.39, 0.29) is 11.9 Å². The van der Waals surface area contributed by atoms with Crippen LogP contribution in [0.3, 0.4) is 0 Å². The van der Waals surface area contributed by atoms with E-state index in [9.17, 15) is 9.90 Å². The van der Waals surface area contributed by atoms with Gasteiger partial charge in [0.1, 0.15) is 5.72 Å². The van der Waals surface area contributed by atoms with Gasteiger partial charge in [0.2, 0.25) is 5.91 Å². The summed E-state index contributed by atoms with van der Waals surface area (Å²) in [4.78, 5) is 13.1. The van der Waals surface area contributed by atoms with Crippen molar-refractivity contribution >= 4 is 5.91 Å². The third-order valence-corrected chi connectivity index (χ3v) is 2.75. The lowest BCUT2D eigenvalue weighted by Crippen LogP contribution is -2.48. The van der Waals surface area contributed by atoms with Crippen molar-refractivity contribution in [3.8, 4) is 0 Å². The molecule has 0 aliphatic carbocycles. The van der Waals surface area contributed by atoms with Crippen LogP contribution in [0.15, 0.2) is 0 Å². The van der Waals surface area contributed by atoms with E-state index in [1.807, 2.05) is 6.92 Å². The summed E-state index contributed by atoms with van der Waals surface area (Å²) in [6.07, 6.45) is 3.06. The molecule has 0 aromatic heterocycles. The van der Waals surface area contributed by atoms with E-state index in [4.69, 9.17) is 0 Å². The van der Waals surface area contributed by atoms with Crippen molar-refractivity contribution in [1.82, 2.24) is 4.90 Å². The average molecular weight is 185 g/mol. The van der Waals surface area contributed by atoms with Gasteiger partial charge in [-0.05, 0) is 20.3 Å². The number of rotatable bonds is 3. The van der Waals surface area contributed by atoms with Gasteiger partial charge in [0.05, 0.1) is 0 Å². The minimum atomic E-state index is -0.911. The van der Waals surface area contributed by atoms with E-state index in [1.165, 1.54) is 0 Å². The fraction of sp³-hybridized carbons (Fsp3) is 0.900. The fourth-order valence-electron chi connectivity index (χ4n) is 2.12. The molecule has 13 heavy (non-hydrogen) atoms. The van der Waals surface area contributed by atoms with Crippen LogP contribution < -0.4 is 0 Å². The largest absolute Gasteiger partial charge is 0.371 e. The Hall–Kier alpha value is -0.570. The van der Waals surface area contributed by atoms with Crippen molar-refractivity contribution in [3.63, 3.8) is 0 Å². The van der Waals surface area contributed by atoms with Crippen molar-refractivity contribution in [2.45, 2.75) is 58.2 Å². The Bertz CT molecular complexity index is 201. The molecule has 76 valence electrons. The number of nitrogens with zero attached hydrogens (tertiary/aromatic N) is 1. The quantitative estimate of drug-likeness (QED) is 0.724. The zero-order chi connectivity index (χ0) is 10.1. The van der Waals surface area contributed by atoms with Crippen LogP contribution in [0.2, 0.25) is 0 Å². The van der Waals surface area contributed by atoms with E-state index in [0.29, 0.717) is 12.8 Å². The summed E-state index contributed by atoms with van der Waals surface area (Å²) in [5.41, 5.74) is -0.911. The molecule has 1 fully saturated rings. The Kier molecular flexibility index (Phi) is 2.96. The first kappa shape index (κ1) is 10.5. The maximum absolute atomic E-state index is 11.5. The highest BCUT2D eigenvalue weighted by Gasteiger charge is 2.41. The molecular formula is C10H19NO2. The lowest BCUT2D eigenvalue weighted by Gasteiger charge is -2.35. The maximum Gasteiger partial charge on any atom is 0.225 e. The second kappa shape index (κ2) is 3.66. The van der Waals surface area contributed by atoms with Crippen molar-refractivity contribution < 1.29 is 9.90 Å². The van der Waals surface area contributed by atoms with E-state index in [1.54, 1.807) is 11.8 Å². The summed E-state index contributed by atoms with van der Waals surface area (Å²) >= 11 is 0. The molecule has 1 heterocycles. The van der Waals surface area contributed by atoms with Crippen LogP contribution in [0, 0.1) is 0 Å². The molecule has 2 atom stereocenters. The summed E-state index contributed by atoms with van der Waals surface area (Å²) in [6, 6.07) is 0.162. The fourth-order valence-corrected chi connectivity index (χ4v) is 2.12. The molecule has 3 heteroatoms. The smallest absolute Gasteiger partial charge is 0.225 e. The Labute approximate surface area is 79.7 Å². The van der Waals surface area contributed by atoms with Crippen LogP contribution >= 0.6 is 0 Å². The normalized spacial score (nSPS) is 31.1. The molecule has 0 aromatic carbocycles. The van der Waals surface area contributed by atoms with Gasteiger partial charge < -0.3 is 10.0 Å². The number of amides is 1. The minimum absolute atomic E-state index is 0.0888. The first-order valence-electron chi connectivity index (χ1n) is 5.03. The number of likely N-dealkylation sites (tertiary alicyclic amines) is 1. The third kappa shape index (κ3) is 2.02. The van der Waals surface area contributed by atoms with E-state index >= 15 is 0 Å². The Morgan fingerprint density at radius 2 is 2.31 bits per heavy atom. The molecule has 1 rings (SSSR count). The van der Waals surface area contributed by atoms with Crippen molar-refractivity contribution in [2.24, 2.45) is 0 Å². The highest BCUT2D eigenvalue weighted by atomic mass is 16.3. The lowest BCUT2D eigenvalue weighted by atomic mass is 10.1. The van der Waals surface area contributed by atoms with Gasteiger partial charge in [-0.25, -0.2) is 0 Å². The molecule has 1 saturated heterocycles. The number of hydrogen-bond donors (Lipinski definition) is 1. The maximum atomic E-state index is 11.5. The third-order valence-electron chi connectivity index (χ3n) is 2.75. The Morgan fingerprint density at radius 3 is 2.69 bits per heavy atom. The molecule has 0 spiro atoms. The molecule has 0 bridgehead atoms. The standard InChI is InChI=1S/C10H19NO2/c1-4-5-8(2)11-9(12)6-7-10(11,3)13/h8,13H,4-7H2,1-3H3/t8-,10?/m1/s1. The summed E-state index contributed by atoms with van der Waals surface area (Å²) in [5, 5.41) is 9.93. The molecule has 3 nitrogen and oxygen atoms in total. The Morgan fingerprint density at radius 1 is 1.69 bits per heavy atom. The second-order valence-electron chi connectivity index (χ2n) is 4.12. The van der Waals surface area contributed by atoms with Crippen LogP contribution in [-0.4, -0.2) is 27.7 Å². The van der Waals surface area contributed by atoms with Gasteiger partial charge >= 0.3 is 0 Å². The van der Waals surface area contributed by atoms with Crippen molar-refractivity contribution in [2.75, 3.05) is 0 Å². The van der Waals surface area contributed by atoms with Crippen molar-refractivity contribution in [1.29, 1.82) is 0 Å². The molecule has 0 saturated carbocycles. The minimum Gasteiger partial charge on any atom is -0.371 e. The van der Waals surface area contributed by atoms with E-state index in [2.05, 4.69) is 6.92 Å². The van der Waals surface area contributed by atoms with Gasteiger partial charge in [-0.15, -0.1) is 0 Å². The van der Waals surface area contributed by atoms with Crippen LogP contribution in [0.4, 0.5) is 0 Å². The van der Waals surface area contributed by atoms with Gasteiger partial charge in [0.25, 0.3) is 0 Å². The predicted octanol–water partition coefficient (Wildman–Crippen LogP) is 1.51. The number of hydrogen-bond acceptors (Lipinski definition) is 2. The van der Waals surface area contributed by atoms with Crippen LogP contribution in [0.1, 0.15) is 46.5 Å². The zero-order valence-corrected chi connectivity index (χ0v) is 8.71. The average Bonchev–Trinajstić information content (AvgIpc) is 2.26. The van der Waals surface area contributed by atoms with Crippen LogP contribution in [0.25, 0.3) is 0 Å². The highest BCUT2D eigenvalue weighted by molar-refractivity contribution is 5.79. The van der Waals surface area contributed by atoms with Gasteiger partial charge in [0, 0.05) is 18.9 Å². The van der Waals surface area contributed by atoms with Gasteiger partial charge in [-0.1, -0.05) is 13.3 Å². The van der Waals surface area contributed by atoms with Crippen LogP contribution in [-0.2, 0) is 4.79 Å². The van der Waals surface area contributed by atoms with Gasteiger partial charge in [0.15, 0.2) is 0 Å². The summed E-state index contributed by atoms with van der Waals surface area (Å²) < 4.78 is 0. The molecule has 0 radical (unpaired) electrons. The van der Waals surface area contributed by atoms with Crippen molar-refractivity contribution in [3.05, 3.63) is 0 Å². The predicted molar refractivity (Wildman–Crippen MR) is 51.1 cm³/mol. The molecule has 1 unspecified atom stereocenters. The first-order chi connectivity index (χ1) is 5.99. The molecular weight excluding hydrogens is 166 g/mol. The molecule has 1 amide bonds. The van der Waals surface area contributed by atoms with Gasteiger partial charge in [-0.3, -0.25) is 4.79 Å². The zero-order valence-electron chi connectivity index (χ0n) is 8.71. The highest BCUT2D eigenvalue weighted by Crippen LogP contribution is 2.30. The summed E-state index contributed by atoms with van der Waals surface area (Å²) in [7, 11) is 0. The van der Waals surface area contributed by atoms with E-state index in [0.717, 1.165) is 12.8 Å². The first-order valence-corrected chi connectivity index (χ1v) is 5.03. The summed E-state index contributed by atoms with van der Waals surface area (Å²) in [6.45, 7) is 5.82.